The minimum absolute atomic E-state index is 0.168. The predicted octanol–water partition coefficient (Wildman–Crippen LogP) is 2.17. The zero-order valence-corrected chi connectivity index (χ0v) is 13.2. The van der Waals surface area contributed by atoms with Crippen LogP contribution in [0.15, 0.2) is 24.3 Å². The number of halogens is 1. The molecule has 2 aliphatic heterocycles. The van der Waals surface area contributed by atoms with Gasteiger partial charge < -0.3 is 10.6 Å². The fourth-order valence-corrected chi connectivity index (χ4v) is 4.79. The van der Waals surface area contributed by atoms with E-state index >= 15 is 0 Å². The summed E-state index contributed by atoms with van der Waals surface area (Å²) in [6, 6.07) is 6.84. The summed E-state index contributed by atoms with van der Waals surface area (Å²) in [6.07, 6.45) is 2.51. The van der Waals surface area contributed by atoms with Gasteiger partial charge in [0.2, 0.25) is 0 Å². The average Bonchev–Trinajstić information content (AvgIpc) is 2.56. The Labute approximate surface area is 130 Å². The Morgan fingerprint density at radius 2 is 1.86 bits per heavy atom. The third-order valence-corrected chi connectivity index (χ3v) is 6.14. The molecule has 0 radical (unpaired) electrons. The van der Waals surface area contributed by atoms with Crippen LogP contribution in [0.2, 0.25) is 0 Å². The fourth-order valence-electron chi connectivity index (χ4n) is 3.47. The molecule has 1 aromatic rings. The highest BCUT2D eigenvalue weighted by molar-refractivity contribution is 7.99. The molecule has 2 saturated heterocycles. The summed E-state index contributed by atoms with van der Waals surface area (Å²) in [4.78, 5) is 4.94. The summed E-state index contributed by atoms with van der Waals surface area (Å²) in [6.45, 7) is 4.86. The molecule has 0 saturated carbocycles. The molecule has 21 heavy (non-hydrogen) atoms. The first-order valence-electron chi connectivity index (χ1n) is 7.77. The van der Waals surface area contributed by atoms with Crippen molar-refractivity contribution in [2.24, 2.45) is 5.73 Å². The van der Waals surface area contributed by atoms with E-state index in [4.69, 9.17) is 5.73 Å². The van der Waals surface area contributed by atoms with Crippen LogP contribution in [0.1, 0.15) is 12.8 Å². The molecule has 116 valence electrons. The van der Waals surface area contributed by atoms with Crippen molar-refractivity contribution >= 4 is 17.4 Å². The highest BCUT2D eigenvalue weighted by atomic mass is 32.2. The maximum Gasteiger partial charge on any atom is 0.123 e. The third kappa shape index (κ3) is 3.20. The van der Waals surface area contributed by atoms with Gasteiger partial charge in [-0.2, -0.15) is 11.8 Å². The van der Waals surface area contributed by atoms with E-state index in [0.717, 1.165) is 38.4 Å². The summed E-state index contributed by atoms with van der Waals surface area (Å²) in [5, 5.41) is 0. The van der Waals surface area contributed by atoms with Crippen molar-refractivity contribution in [1.82, 2.24) is 4.90 Å². The van der Waals surface area contributed by atoms with Crippen LogP contribution in [-0.4, -0.2) is 54.7 Å². The molecule has 1 aromatic carbocycles. The van der Waals surface area contributed by atoms with Crippen LogP contribution in [0.25, 0.3) is 0 Å². The molecule has 3 rings (SSSR count). The van der Waals surface area contributed by atoms with Gasteiger partial charge in [-0.15, -0.1) is 0 Å². The minimum atomic E-state index is -0.168. The number of rotatable bonds is 3. The number of thioether (sulfide) groups is 1. The molecule has 3 nitrogen and oxygen atoms in total. The molecule has 0 bridgehead atoms. The van der Waals surface area contributed by atoms with Gasteiger partial charge in [0.05, 0.1) is 0 Å². The van der Waals surface area contributed by atoms with Crippen molar-refractivity contribution in [2.75, 3.05) is 49.1 Å². The first-order valence-corrected chi connectivity index (χ1v) is 8.92. The monoisotopic (exact) mass is 309 g/mol. The molecular weight excluding hydrogens is 285 g/mol. The second-order valence-corrected chi connectivity index (χ2v) is 7.14. The second kappa shape index (κ2) is 6.55. The SMILES string of the molecule is NCC1(N2CCN(c3ccc(F)cc3)CC2)CCCSC1. The lowest BCUT2D eigenvalue weighted by molar-refractivity contribution is 0.0954. The second-order valence-electron chi connectivity index (χ2n) is 6.04. The number of nitrogens with two attached hydrogens (primary N) is 1. The summed E-state index contributed by atoms with van der Waals surface area (Å²) in [5.41, 5.74) is 7.45. The number of hydrogen-bond donors (Lipinski definition) is 1. The highest BCUT2D eigenvalue weighted by Gasteiger charge is 2.38. The predicted molar refractivity (Wildman–Crippen MR) is 88.5 cm³/mol. The number of piperazine rings is 1. The Balaban J connectivity index is 1.63. The molecular formula is C16H24FN3S. The molecule has 2 heterocycles. The molecule has 2 aliphatic rings. The standard InChI is InChI=1S/C16H24FN3S/c17-14-2-4-15(5-3-14)19-7-9-20(10-8-19)16(12-18)6-1-11-21-13-16/h2-5H,1,6-13,18H2. The van der Waals surface area contributed by atoms with Gasteiger partial charge in [0, 0.05) is 49.7 Å². The Morgan fingerprint density at radius 1 is 1.14 bits per heavy atom. The number of benzene rings is 1. The van der Waals surface area contributed by atoms with Gasteiger partial charge in [0.1, 0.15) is 5.82 Å². The molecule has 0 aromatic heterocycles. The topological polar surface area (TPSA) is 32.5 Å². The number of hydrogen-bond acceptors (Lipinski definition) is 4. The maximum absolute atomic E-state index is 13.0. The number of anilines is 1. The quantitative estimate of drug-likeness (QED) is 0.927. The minimum Gasteiger partial charge on any atom is -0.369 e. The largest absolute Gasteiger partial charge is 0.369 e. The lowest BCUT2D eigenvalue weighted by Crippen LogP contribution is -2.62. The molecule has 0 aliphatic carbocycles. The van der Waals surface area contributed by atoms with E-state index in [1.807, 2.05) is 23.9 Å². The highest BCUT2D eigenvalue weighted by Crippen LogP contribution is 2.32. The van der Waals surface area contributed by atoms with Crippen molar-refractivity contribution in [3.05, 3.63) is 30.1 Å². The van der Waals surface area contributed by atoms with E-state index in [9.17, 15) is 4.39 Å². The third-order valence-electron chi connectivity index (χ3n) is 4.82. The molecule has 1 atom stereocenters. The van der Waals surface area contributed by atoms with E-state index in [1.54, 1.807) is 12.1 Å². The number of nitrogens with zero attached hydrogens (tertiary/aromatic N) is 2. The first-order chi connectivity index (χ1) is 10.2. The van der Waals surface area contributed by atoms with Crippen LogP contribution < -0.4 is 10.6 Å². The first kappa shape index (κ1) is 15.1. The van der Waals surface area contributed by atoms with Crippen LogP contribution in [-0.2, 0) is 0 Å². The molecule has 5 heteroatoms. The Hall–Kier alpha value is -0.780. The Bertz CT molecular complexity index is 451. The van der Waals surface area contributed by atoms with Crippen molar-refractivity contribution < 1.29 is 4.39 Å². The van der Waals surface area contributed by atoms with Gasteiger partial charge in [-0.1, -0.05) is 0 Å². The summed E-state index contributed by atoms with van der Waals surface area (Å²) < 4.78 is 13.0. The van der Waals surface area contributed by atoms with Crippen molar-refractivity contribution in [3.63, 3.8) is 0 Å². The van der Waals surface area contributed by atoms with E-state index in [-0.39, 0.29) is 11.4 Å². The van der Waals surface area contributed by atoms with Gasteiger partial charge in [-0.25, -0.2) is 4.39 Å². The Kier molecular flexibility index (Phi) is 4.72. The van der Waals surface area contributed by atoms with E-state index < -0.39 is 0 Å². The smallest absolute Gasteiger partial charge is 0.123 e. The van der Waals surface area contributed by atoms with E-state index in [1.165, 1.54) is 24.3 Å². The van der Waals surface area contributed by atoms with Gasteiger partial charge in [0.25, 0.3) is 0 Å². The fraction of sp³-hybridized carbons (Fsp3) is 0.625. The summed E-state index contributed by atoms with van der Waals surface area (Å²) in [7, 11) is 0. The zero-order valence-electron chi connectivity index (χ0n) is 12.4. The normalized spacial score (nSPS) is 27.8. The van der Waals surface area contributed by atoms with Crippen LogP contribution in [0, 0.1) is 5.82 Å². The van der Waals surface area contributed by atoms with Crippen LogP contribution >= 0.6 is 11.8 Å². The lowest BCUT2D eigenvalue weighted by Gasteiger charge is -2.49. The Morgan fingerprint density at radius 3 is 2.43 bits per heavy atom. The molecule has 2 N–H and O–H groups in total. The van der Waals surface area contributed by atoms with Gasteiger partial charge in [0.15, 0.2) is 0 Å². The molecule has 0 amide bonds. The van der Waals surface area contributed by atoms with E-state index in [2.05, 4.69) is 9.80 Å². The van der Waals surface area contributed by atoms with Crippen LogP contribution in [0.3, 0.4) is 0 Å². The molecule has 2 fully saturated rings. The summed E-state index contributed by atoms with van der Waals surface area (Å²) >= 11 is 2.04. The van der Waals surface area contributed by atoms with Crippen molar-refractivity contribution in [2.45, 2.75) is 18.4 Å². The van der Waals surface area contributed by atoms with Crippen molar-refractivity contribution in [3.8, 4) is 0 Å². The summed E-state index contributed by atoms with van der Waals surface area (Å²) in [5.74, 6) is 2.27. The van der Waals surface area contributed by atoms with Gasteiger partial charge in [-0.3, -0.25) is 4.90 Å². The van der Waals surface area contributed by atoms with Crippen LogP contribution in [0.5, 0.6) is 0 Å². The average molecular weight is 309 g/mol. The molecule has 0 spiro atoms. The lowest BCUT2D eigenvalue weighted by atomic mass is 9.92. The zero-order chi connectivity index (χ0) is 14.7. The van der Waals surface area contributed by atoms with E-state index in [0.29, 0.717) is 0 Å². The van der Waals surface area contributed by atoms with Gasteiger partial charge >= 0.3 is 0 Å². The molecule has 1 unspecified atom stereocenters. The van der Waals surface area contributed by atoms with Crippen LogP contribution in [0.4, 0.5) is 10.1 Å². The van der Waals surface area contributed by atoms with Gasteiger partial charge in [-0.05, 0) is 42.9 Å². The van der Waals surface area contributed by atoms with Crippen molar-refractivity contribution in [1.29, 1.82) is 0 Å². The maximum atomic E-state index is 13.0.